The van der Waals surface area contributed by atoms with Crippen LogP contribution in [-0.2, 0) is 0 Å². The molecule has 0 fully saturated rings. The zero-order valence-corrected chi connectivity index (χ0v) is 6.29. The minimum Gasteiger partial charge on any atom is -0.463 e. The number of primary amides is 1. The smallest absolute Gasteiger partial charge is 0.248 e. The van der Waals surface area contributed by atoms with Crippen molar-refractivity contribution in [3.8, 4) is 5.75 Å². The van der Waals surface area contributed by atoms with E-state index >= 15 is 0 Å². The number of ether oxygens (including phenoxy) is 1. The van der Waals surface area contributed by atoms with Crippen LogP contribution in [0.5, 0.6) is 5.75 Å². The molecule has 0 saturated carbocycles. The minimum atomic E-state index is -0.879. The van der Waals surface area contributed by atoms with E-state index in [4.69, 9.17) is 5.73 Å². The summed E-state index contributed by atoms with van der Waals surface area (Å²) in [7, 11) is 0. The van der Waals surface area contributed by atoms with Gasteiger partial charge >= 0.3 is 0 Å². The van der Waals surface area contributed by atoms with Crippen molar-refractivity contribution in [1.82, 2.24) is 0 Å². The van der Waals surface area contributed by atoms with Gasteiger partial charge in [0.2, 0.25) is 12.8 Å². The van der Waals surface area contributed by atoms with E-state index in [0.29, 0.717) is 11.3 Å². The molecule has 0 spiro atoms. The molecule has 0 radical (unpaired) electrons. The molecule has 0 heterocycles. The molecule has 0 aromatic heterocycles. The van der Waals surface area contributed by atoms with Crippen LogP contribution in [0.3, 0.4) is 0 Å². The quantitative estimate of drug-likeness (QED) is 0.736. The summed E-state index contributed by atoms with van der Waals surface area (Å²) in [4.78, 5) is 10.6. The second kappa shape index (κ2) is 3.71. The molecular weight excluding hydrogens is 161 g/mol. The van der Waals surface area contributed by atoms with Crippen molar-refractivity contribution >= 4 is 5.91 Å². The van der Waals surface area contributed by atoms with Gasteiger partial charge in [-0.3, -0.25) is 4.79 Å². The molecule has 3 nitrogen and oxygen atoms in total. The zero-order valence-electron chi connectivity index (χ0n) is 6.29. The number of halogens is 1. The second-order valence-electron chi connectivity index (χ2n) is 2.14. The first kappa shape index (κ1) is 8.52. The highest BCUT2D eigenvalue weighted by Crippen LogP contribution is 2.11. The molecule has 0 aliphatic carbocycles. The maximum absolute atomic E-state index is 11.6. The number of hydrogen-bond donors (Lipinski definition) is 1. The van der Waals surface area contributed by atoms with Crippen molar-refractivity contribution in [2.24, 2.45) is 5.73 Å². The van der Waals surface area contributed by atoms with E-state index in [1.54, 1.807) is 0 Å². The van der Waals surface area contributed by atoms with Crippen molar-refractivity contribution in [2.45, 2.75) is 0 Å². The summed E-state index contributed by atoms with van der Waals surface area (Å²) in [5.74, 6) is -0.135. The van der Waals surface area contributed by atoms with Crippen LogP contribution in [0.2, 0.25) is 0 Å². The Morgan fingerprint density at radius 2 is 2.00 bits per heavy atom. The van der Waals surface area contributed by atoms with E-state index in [9.17, 15) is 9.18 Å². The van der Waals surface area contributed by atoms with Crippen molar-refractivity contribution in [3.63, 3.8) is 0 Å². The van der Waals surface area contributed by atoms with Gasteiger partial charge in [0.25, 0.3) is 0 Å². The van der Waals surface area contributed by atoms with Gasteiger partial charge in [0.1, 0.15) is 5.75 Å². The Morgan fingerprint density at radius 3 is 2.42 bits per heavy atom. The Labute approximate surface area is 68.9 Å². The number of amides is 1. The molecule has 0 saturated heterocycles. The molecular formula is C8H8FNO2. The number of nitrogens with two attached hydrogens (primary N) is 1. The van der Waals surface area contributed by atoms with Crippen LogP contribution in [0.4, 0.5) is 4.39 Å². The molecule has 2 N–H and O–H groups in total. The third-order valence-corrected chi connectivity index (χ3v) is 1.36. The topological polar surface area (TPSA) is 52.3 Å². The highest BCUT2D eigenvalue weighted by molar-refractivity contribution is 5.92. The predicted molar refractivity (Wildman–Crippen MR) is 41.6 cm³/mol. The Morgan fingerprint density at radius 1 is 1.42 bits per heavy atom. The molecule has 1 rings (SSSR count). The first-order chi connectivity index (χ1) is 5.74. The lowest BCUT2D eigenvalue weighted by Crippen LogP contribution is -2.10. The highest BCUT2D eigenvalue weighted by atomic mass is 19.1. The van der Waals surface area contributed by atoms with Gasteiger partial charge in [-0.1, -0.05) is 0 Å². The molecule has 0 aliphatic heterocycles. The van der Waals surface area contributed by atoms with Gasteiger partial charge in [0, 0.05) is 5.56 Å². The molecule has 1 aromatic carbocycles. The van der Waals surface area contributed by atoms with Crippen LogP contribution in [-0.4, -0.2) is 12.8 Å². The number of hydrogen-bond acceptors (Lipinski definition) is 2. The average molecular weight is 169 g/mol. The van der Waals surface area contributed by atoms with Crippen LogP contribution in [0, 0.1) is 0 Å². The Bertz CT molecular complexity index is 271. The summed E-state index contributed by atoms with van der Waals surface area (Å²) in [6.07, 6.45) is 0. The Hall–Kier alpha value is -1.58. The van der Waals surface area contributed by atoms with Crippen molar-refractivity contribution in [3.05, 3.63) is 29.8 Å². The lowest BCUT2D eigenvalue weighted by Gasteiger charge is -2.00. The largest absolute Gasteiger partial charge is 0.463 e. The lowest BCUT2D eigenvalue weighted by atomic mass is 10.2. The molecule has 0 aliphatic rings. The molecule has 1 aromatic rings. The maximum Gasteiger partial charge on any atom is 0.248 e. The molecule has 64 valence electrons. The second-order valence-corrected chi connectivity index (χ2v) is 2.14. The van der Waals surface area contributed by atoms with E-state index in [1.807, 2.05) is 0 Å². The Kier molecular flexibility index (Phi) is 2.63. The fourth-order valence-electron chi connectivity index (χ4n) is 0.778. The fourth-order valence-corrected chi connectivity index (χ4v) is 0.778. The molecule has 4 heteroatoms. The average Bonchev–Trinajstić information content (AvgIpc) is 2.06. The van der Waals surface area contributed by atoms with Gasteiger partial charge in [-0.2, -0.15) is 0 Å². The fraction of sp³-hybridized carbons (Fsp3) is 0.125. The van der Waals surface area contributed by atoms with Gasteiger partial charge in [0.15, 0.2) is 0 Å². The zero-order chi connectivity index (χ0) is 8.97. The van der Waals surface area contributed by atoms with Crippen molar-refractivity contribution in [2.75, 3.05) is 6.86 Å². The summed E-state index contributed by atoms with van der Waals surface area (Å²) in [6, 6.07) is 5.93. The normalized spacial score (nSPS) is 9.42. The van der Waals surface area contributed by atoms with E-state index < -0.39 is 12.8 Å². The molecule has 12 heavy (non-hydrogen) atoms. The summed E-state index contributed by atoms with van der Waals surface area (Å²) >= 11 is 0. The first-order valence-corrected chi connectivity index (χ1v) is 3.32. The monoisotopic (exact) mass is 169 g/mol. The third-order valence-electron chi connectivity index (χ3n) is 1.36. The van der Waals surface area contributed by atoms with Crippen LogP contribution in [0.15, 0.2) is 24.3 Å². The standard InChI is InChI=1S/C8H8FNO2/c9-5-12-7-3-1-6(2-4-7)8(10)11/h1-4H,5H2,(H2,10,11). The van der Waals surface area contributed by atoms with Gasteiger partial charge in [-0.15, -0.1) is 0 Å². The van der Waals surface area contributed by atoms with E-state index in [0.717, 1.165) is 0 Å². The van der Waals surface area contributed by atoms with Gasteiger partial charge in [-0.25, -0.2) is 4.39 Å². The summed E-state index contributed by atoms with van der Waals surface area (Å²) in [5, 5.41) is 0. The van der Waals surface area contributed by atoms with E-state index in [1.165, 1.54) is 24.3 Å². The van der Waals surface area contributed by atoms with Crippen LogP contribution in [0.25, 0.3) is 0 Å². The van der Waals surface area contributed by atoms with Gasteiger partial charge in [-0.05, 0) is 24.3 Å². The first-order valence-electron chi connectivity index (χ1n) is 3.32. The molecule has 0 bridgehead atoms. The van der Waals surface area contributed by atoms with E-state index in [2.05, 4.69) is 4.74 Å². The summed E-state index contributed by atoms with van der Waals surface area (Å²) in [5.41, 5.74) is 5.36. The van der Waals surface area contributed by atoms with E-state index in [-0.39, 0.29) is 0 Å². The number of benzene rings is 1. The van der Waals surface area contributed by atoms with Gasteiger partial charge < -0.3 is 10.5 Å². The van der Waals surface area contributed by atoms with Crippen molar-refractivity contribution in [1.29, 1.82) is 0 Å². The summed E-state index contributed by atoms with van der Waals surface area (Å²) < 4.78 is 16.1. The van der Waals surface area contributed by atoms with Crippen LogP contribution in [0.1, 0.15) is 10.4 Å². The highest BCUT2D eigenvalue weighted by Gasteiger charge is 1.99. The molecule has 0 atom stereocenters. The number of carbonyl (C=O) groups is 1. The summed E-state index contributed by atoms with van der Waals surface area (Å²) in [6.45, 7) is -0.879. The molecule has 0 unspecified atom stereocenters. The third kappa shape index (κ3) is 1.95. The van der Waals surface area contributed by atoms with Crippen molar-refractivity contribution < 1.29 is 13.9 Å². The minimum absolute atomic E-state index is 0.376. The number of carbonyl (C=O) groups excluding carboxylic acids is 1. The lowest BCUT2D eigenvalue weighted by molar-refractivity contribution is 0.100. The molecule has 1 amide bonds. The Balaban J connectivity index is 2.78. The van der Waals surface area contributed by atoms with Gasteiger partial charge in [0.05, 0.1) is 0 Å². The maximum atomic E-state index is 11.6. The SMILES string of the molecule is NC(=O)c1ccc(OCF)cc1. The predicted octanol–water partition coefficient (Wildman–Crippen LogP) is 1.09. The van der Waals surface area contributed by atoms with Crippen LogP contribution >= 0.6 is 0 Å². The van der Waals surface area contributed by atoms with Crippen LogP contribution < -0.4 is 10.5 Å². The number of alkyl halides is 1. The number of rotatable bonds is 3.